The molecule has 0 fully saturated rings. The second kappa shape index (κ2) is 8.19. The summed E-state index contributed by atoms with van der Waals surface area (Å²) in [6, 6.07) is 12.0. The molecule has 0 aliphatic carbocycles. The van der Waals surface area contributed by atoms with E-state index in [4.69, 9.17) is 11.6 Å². The van der Waals surface area contributed by atoms with Crippen LogP contribution in [-0.4, -0.2) is 26.0 Å². The number of rotatable bonds is 6. The number of nitrogens with one attached hydrogen (secondary N) is 2. The smallest absolute Gasteiger partial charge is 0.287 e. The van der Waals surface area contributed by atoms with Crippen LogP contribution in [0.3, 0.4) is 0 Å². The molecule has 146 valence electrons. The highest BCUT2D eigenvalue weighted by atomic mass is 35.5. The molecule has 2 N–H and O–H groups in total. The van der Waals surface area contributed by atoms with Crippen LogP contribution in [0.5, 0.6) is 0 Å². The summed E-state index contributed by atoms with van der Waals surface area (Å²) in [4.78, 5) is 27.7. The minimum Gasteiger partial charge on any atom is -0.321 e. The van der Waals surface area contributed by atoms with Gasteiger partial charge in [-0.15, -0.1) is 11.3 Å². The highest BCUT2D eigenvalue weighted by molar-refractivity contribution is 7.98. The predicted octanol–water partition coefficient (Wildman–Crippen LogP) is 5.13. The third kappa shape index (κ3) is 4.09. The number of benzene rings is 2. The first-order valence-corrected chi connectivity index (χ1v) is 10.4. The number of halogens is 1. The molecule has 2 heterocycles. The van der Waals surface area contributed by atoms with Crippen molar-refractivity contribution in [2.45, 2.75) is 10.9 Å². The molecular formula is C18H12ClN5O3S2. The summed E-state index contributed by atoms with van der Waals surface area (Å²) in [5.41, 5.74) is 1.59. The normalized spacial score (nSPS) is 10.9. The van der Waals surface area contributed by atoms with Gasteiger partial charge in [0.05, 0.1) is 9.95 Å². The van der Waals surface area contributed by atoms with Gasteiger partial charge in [0.2, 0.25) is 0 Å². The number of nitro benzene ring substituents is 1. The summed E-state index contributed by atoms with van der Waals surface area (Å²) >= 11 is 8.85. The Morgan fingerprint density at radius 1 is 1.28 bits per heavy atom. The van der Waals surface area contributed by atoms with E-state index in [0.29, 0.717) is 21.5 Å². The largest absolute Gasteiger partial charge is 0.321 e. The highest BCUT2D eigenvalue weighted by Crippen LogP contribution is 2.40. The molecular weight excluding hydrogens is 434 g/mol. The molecule has 0 saturated heterocycles. The van der Waals surface area contributed by atoms with Crippen LogP contribution in [0.2, 0.25) is 5.02 Å². The molecule has 1 amide bonds. The maximum atomic E-state index is 12.7. The third-order valence-electron chi connectivity index (χ3n) is 4.02. The van der Waals surface area contributed by atoms with Crippen molar-refractivity contribution in [1.82, 2.24) is 15.2 Å². The molecule has 0 spiro atoms. The summed E-state index contributed by atoms with van der Waals surface area (Å²) < 4.78 is 0.382. The van der Waals surface area contributed by atoms with Crippen molar-refractivity contribution in [3.8, 4) is 0 Å². The average Bonchev–Trinajstić information content (AvgIpc) is 3.35. The van der Waals surface area contributed by atoms with Gasteiger partial charge < -0.3 is 5.32 Å². The third-order valence-corrected chi connectivity index (χ3v) is 6.70. The number of thiophene rings is 1. The van der Waals surface area contributed by atoms with E-state index < -0.39 is 10.8 Å². The SMILES string of the molecule is O=C(Nc1ccc(CSc2ncn[nH]2)cc1)c1sc2c([N+](=O)[O-])cccc2c1Cl. The molecule has 29 heavy (non-hydrogen) atoms. The summed E-state index contributed by atoms with van der Waals surface area (Å²) in [7, 11) is 0. The molecule has 0 bridgehead atoms. The molecule has 0 aliphatic rings. The van der Waals surface area contributed by atoms with E-state index in [2.05, 4.69) is 20.5 Å². The number of nitrogens with zero attached hydrogens (tertiary/aromatic N) is 3. The first-order valence-electron chi connectivity index (χ1n) is 8.27. The van der Waals surface area contributed by atoms with Crippen molar-refractivity contribution in [1.29, 1.82) is 0 Å². The van der Waals surface area contributed by atoms with Crippen LogP contribution in [0.4, 0.5) is 11.4 Å². The van der Waals surface area contributed by atoms with Gasteiger partial charge in [0.1, 0.15) is 15.9 Å². The number of non-ortho nitro benzene ring substituents is 1. The van der Waals surface area contributed by atoms with E-state index in [0.717, 1.165) is 22.1 Å². The van der Waals surface area contributed by atoms with Gasteiger partial charge in [-0.2, -0.15) is 5.10 Å². The van der Waals surface area contributed by atoms with Crippen LogP contribution in [-0.2, 0) is 5.75 Å². The average molecular weight is 446 g/mol. The first-order chi connectivity index (χ1) is 14.0. The Bertz CT molecular complexity index is 1190. The van der Waals surface area contributed by atoms with Crippen LogP contribution < -0.4 is 5.32 Å². The van der Waals surface area contributed by atoms with Crippen LogP contribution >= 0.6 is 34.7 Å². The summed E-state index contributed by atoms with van der Waals surface area (Å²) in [5.74, 6) is 0.296. The van der Waals surface area contributed by atoms with Gasteiger partial charge in [-0.05, 0) is 17.7 Å². The standard InChI is InChI=1S/C18H12ClN5O3S2/c19-14-12-2-1-3-13(24(26)27)15(12)29-16(14)17(25)22-11-6-4-10(5-7-11)8-28-18-20-9-21-23-18/h1-7,9H,8H2,(H,22,25)(H,20,21,23). The zero-order chi connectivity index (χ0) is 20.4. The van der Waals surface area contributed by atoms with E-state index in [-0.39, 0.29) is 15.6 Å². The van der Waals surface area contributed by atoms with Crippen molar-refractivity contribution in [2.24, 2.45) is 0 Å². The van der Waals surface area contributed by atoms with Gasteiger partial charge in [0.25, 0.3) is 11.6 Å². The van der Waals surface area contributed by atoms with Gasteiger partial charge >= 0.3 is 0 Å². The molecule has 0 atom stereocenters. The molecule has 2 aromatic carbocycles. The summed E-state index contributed by atoms with van der Waals surface area (Å²) in [5, 5.41) is 22.0. The van der Waals surface area contributed by atoms with Crippen molar-refractivity contribution in [3.63, 3.8) is 0 Å². The Hall–Kier alpha value is -2.95. The van der Waals surface area contributed by atoms with Crippen LogP contribution in [0.25, 0.3) is 10.1 Å². The number of hydrogen-bond acceptors (Lipinski definition) is 7. The van der Waals surface area contributed by atoms with E-state index in [9.17, 15) is 14.9 Å². The number of hydrogen-bond donors (Lipinski definition) is 2. The fraction of sp³-hybridized carbons (Fsp3) is 0.0556. The van der Waals surface area contributed by atoms with Gasteiger partial charge in [0.15, 0.2) is 5.16 Å². The first kappa shape index (κ1) is 19.4. The molecule has 0 unspecified atom stereocenters. The number of nitro groups is 1. The number of thioether (sulfide) groups is 1. The lowest BCUT2D eigenvalue weighted by molar-refractivity contribution is -0.382. The Morgan fingerprint density at radius 2 is 2.07 bits per heavy atom. The van der Waals surface area contributed by atoms with Gasteiger partial charge in [0, 0.05) is 22.9 Å². The van der Waals surface area contributed by atoms with Crippen LogP contribution in [0.15, 0.2) is 53.9 Å². The number of aromatic nitrogens is 3. The minimum atomic E-state index is -0.480. The molecule has 0 aliphatic heterocycles. The lowest BCUT2D eigenvalue weighted by Crippen LogP contribution is -2.10. The molecule has 8 nitrogen and oxygen atoms in total. The maximum Gasteiger partial charge on any atom is 0.287 e. The van der Waals surface area contributed by atoms with Crippen molar-refractivity contribution in [2.75, 3.05) is 5.32 Å². The van der Waals surface area contributed by atoms with Gasteiger partial charge in [-0.3, -0.25) is 20.0 Å². The Kier molecular flexibility index (Phi) is 5.47. The molecule has 4 aromatic rings. The predicted molar refractivity (Wildman–Crippen MR) is 114 cm³/mol. The highest BCUT2D eigenvalue weighted by Gasteiger charge is 2.22. The zero-order valence-corrected chi connectivity index (χ0v) is 17.0. The summed E-state index contributed by atoms with van der Waals surface area (Å²) in [6.07, 6.45) is 1.45. The Labute approximate surface area is 177 Å². The quantitative estimate of drug-likeness (QED) is 0.241. The number of H-pyrrole nitrogens is 1. The monoisotopic (exact) mass is 445 g/mol. The lowest BCUT2D eigenvalue weighted by Gasteiger charge is -2.05. The lowest BCUT2D eigenvalue weighted by atomic mass is 10.2. The van der Waals surface area contributed by atoms with Crippen molar-refractivity contribution in [3.05, 3.63) is 74.4 Å². The van der Waals surface area contributed by atoms with E-state index >= 15 is 0 Å². The number of aromatic amines is 1. The van der Waals surface area contributed by atoms with Gasteiger partial charge in [-0.1, -0.05) is 47.6 Å². The fourth-order valence-corrected chi connectivity index (χ4v) is 4.88. The van der Waals surface area contributed by atoms with E-state index in [1.54, 1.807) is 24.3 Å². The molecule has 0 radical (unpaired) electrons. The van der Waals surface area contributed by atoms with Crippen LogP contribution in [0, 0.1) is 10.1 Å². The topological polar surface area (TPSA) is 114 Å². The number of fused-ring (bicyclic) bond motifs is 1. The van der Waals surface area contributed by atoms with Crippen molar-refractivity contribution >= 4 is 62.1 Å². The second-order valence-electron chi connectivity index (χ2n) is 5.89. The van der Waals surface area contributed by atoms with E-state index in [1.807, 2.05) is 12.1 Å². The Morgan fingerprint density at radius 3 is 2.76 bits per heavy atom. The summed E-state index contributed by atoms with van der Waals surface area (Å²) in [6.45, 7) is 0. The maximum absolute atomic E-state index is 12.7. The minimum absolute atomic E-state index is 0.0675. The molecule has 11 heteroatoms. The number of carbonyl (C=O) groups is 1. The zero-order valence-electron chi connectivity index (χ0n) is 14.6. The molecule has 0 saturated carbocycles. The number of carbonyl (C=O) groups excluding carboxylic acids is 1. The number of anilines is 1. The van der Waals surface area contributed by atoms with Crippen LogP contribution in [0.1, 0.15) is 15.2 Å². The van der Waals surface area contributed by atoms with E-state index in [1.165, 1.54) is 24.2 Å². The second-order valence-corrected chi connectivity index (χ2v) is 8.25. The van der Waals surface area contributed by atoms with Crippen molar-refractivity contribution < 1.29 is 9.72 Å². The Balaban J connectivity index is 1.50. The molecule has 2 aromatic heterocycles. The molecule has 4 rings (SSSR count). The fourth-order valence-electron chi connectivity index (χ4n) is 2.65. The number of amides is 1. The van der Waals surface area contributed by atoms with Gasteiger partial charge in [-0.25, -0.2) is 4.98 Å².